The topological polar surface area (TPSA) is 113 Å². The number of nitrogens with one attached hydrogen (secondary N) is 3. The van der Waals surface area contributed by atoms with Crippen LogP contribution >= 0.6 is 0 Å². The van der Waals surface area contributed by atoms with Crippen LogP contribution in [0.1, 0.15) is 11.1 Å². The van der Waals surface area contributed by atoms with Gasteiger partial charge in [0.15, 0.2) is 22.3 Å². The quantitative estimate of drug-likeness (QED) is 0.385. The Morgan fingerprint density at radius 1 is 1.14 bits per heavy atom. The molecule has 2 aliphatic heterocycles. The summed E-state index contributed by atoms with van der Waals surface area (Å²) in [4.78, 5) is 24.8. The number of benzene rings is 2. The van der Waals surface area contributed by atoms with Gasteiger partial charge in [0.2, 0.25) is 6.73 Å². The van der Waals surface area contributed by atoms with Gasteiger partial charge in [-0.15, -0.1) is 4.68 Å². The number of urea groups is 1. The standard InChI is InChI=1S/C17H8F2N6O3/c18-6-1-2-7-8(3-6)17(15(26)20-16(27)21-17)9-4-10(19)13-12(11(7)9)14-22-23-24-25(14)5-28-13/h1-4H,5H2,(H2,20,21,26,27)/p+1. The third-order valence-corrected chi connectivity index (χ3v) is 5.29. The number of aromatic amines is 1. The fourth-order valence-corrected chi connectivity index (χ4v) is 4.22. The van der Waals surface area contributed by atoms with Crippen LogP contribution in [0, 0.1) is 11.6 Å². The number of tetrazole rings is 1. The van der Waals surface area contributed by atoms with Crippen molar-refractivity contribution in [2.75, 3.05) is 0 Å². The van der Waals surface area contributed by atoms with E-state index in [1.165, 1.54) is 16.8 Å². The maximum absolute atomic E-state index is 15.0. The van der Waals surface area contributed by atoms with Gasteiger partial charge in [0.05, 0.1) is 0 Å². The Hall–Kier alpha value is -3.89. The van der Waals surface area contributed by atoms with Crippen LogP contribution in [0.15, 0.2) is 24.3 Å². The third-order valence-electron chi connectivity index (χ3n) is 5.29. The number of carbonyl (C=O) groups is 2. The number of carbonyl (C=O) groups excluding carboxylic acids is 2. The zero-order valence-electron chi connectivity index (χ0n) is 13.8. The van der Waals surface area contributed by atoms with Crippen LogP contribution < -0.4 is 20.1 Å². The monoisotopic (exact) mass is 383 g/mol. The van der Waals surface area contributed by atoms with E-state index in [4.69, 9.17) is 4.74 Å². The summed E-state index contributed by atoms with van der Waals surface area (Å²) in [6.07, 6.45) is 0. The highest BCUT2D eigenvalue weighted by Crippen LogP contribution is 2.55. The number of H-pyrrole nitrogens is 1. The first kappa shape index (κ1) is 15.2. The van der Waals surface area contributed by atoms with Crippen LogP contribution in [0.2, 0.25) is 0 Å². The van der Waals surface area contributed by atoms with Gasteiger partial charge in [-0.25, -0.2) is 13.6 Å². The minimum Gasteiger partial charge on any atom is -0.455 e. The molecule has 0 saturated carbocycles. The lowest BCUT2D eigenvalue weighted by atomic mass is 9.86. The molecule has 3 amide bonds. The molecule has 1 unspecified atom stereocenters. The van der Waals surface area contributed by atoms with E-state index in [-0.39, 0.29) is 29.2 Å². The number of ether oxygens (including phenoxy) is 1. The Labute approximate surface area is 154 Å². The van der Waals surface area contributed by atoms with Crippen molar-refractivity contribution in [2.45, 2.75) is 12.3 Å². The van der Waals surface area contributed by atoms with E-state index in [1.807, 2.05) is 0 Å². The Balaban J connectivity index is 1.80. The van der Waals surface area contributed by atoms with Crippen molar-refractivity contribution >= 4 is 11.9 Å². The Bertz CT molecular complexity index is 1260. The summed E-state index contributed by atoms with van der Waals surface area (Å²) in [6.45, 7) is -0.0241. The molecule has 6 rings (SSSR count). The lowest BCUT2D eigenvalue weighted by Crippen LogP contribution is -2.44. The fourth-order valence-electron chi connectivity index (χ4n) is 4.22. The smallest absolute Gasteiger partial charge is 0.339 e. The summed E-state index contributed by atoms with van der Waals surface area (Å²) in [5.41, 5.74) is -0.206. The molecular weight excluding hydrogens is 374 g/mol. The second-order valence-corrected chi connectivity index (χ2v) is 6.66. The van der Waals surface area contributed by atoms with E-state index >= 15 is 0 Å². The molecule has 138 valence electrons. The van der Waals surface area contributed by atoms with Crippen molar-refractivity contribution in [3.63, 3.8) is 0 Å². The van der Waals surface area contributed by atoms with Crippen LogP contribution in [-0.4, -0.2) is 27.5 Å². The number of aromatic nitrogens is 4. The minimum atomic E-state index is -1.74. The van der Waals surface area contributed by atoms with E-state index in [0.29, 0.717) is 17.0 Å². The SMILES string of the molecule is O=C1NC(=O)C2(N1)c1cc(F)ccc1-c1c2cc(F)c2c1-c1nn[nH][n+]1CO2. The predicted molar refractivity (Wildman–Crippen MR) is 85.4 cm³/mol. The second-order valence-electron chi connectivity index (χ2n) is 6.66. The molecule has 1 fully saturated rings. The van der Waals surface area contributed by atoms with Gasteiger partial charge in [-0.1, -0.05) is 11.3 Å². The van der Waals surface area contributed by atoms with E-state index < -0.39 is 29.1 Å². The molecule has 1 spiro atoms. The molecule has 3 aromatic rings. The highest BCUT2D eigenvalue weighted by molar-refractivity contribution is 6.14. The summed E-state index contributed by atoms with van der Waals surface area (Å²) in [5, 5.41) is 15.0. The summed E-state index contributed by atoms with van der Waals surface area (Å²) < 4.78 is 36.0. The van der Waals surface area contributed by atoms with E-state index in [9.17, 15) is 18.4 Å². The average Bonchev–Trinajstić information content (AvgIpc) is 3.32. The van der Waals surface area contributed by atoms with Gasteiger partial charge >= 0.3 is 11.9 Å². The van der Waals surface area contributed by atoms with Crippen LogP contribution in [0.3, 0.4) is 0 Å². The molecule has 3 aliphatic rings. The second kappa shape index (κ2) is 4.68. The van der Waals surface area contributed by atoms with Gasteiger partial charge in [-0.2, -0.15) is 0 Å². The van der Waals surface area contributed by atoms with Crippen molar-refractivity contribution in [1.82, 2.24) is 26.2 Å². The number of rotatable bonds is 0. The molecule has 0 bridgehead atoms. The number of imide groups is 1. The predicted octanol–water partition coefficient (Wildman–Crippen LogP) is 0.451. The van der Waals surface area contributed by atoms with Gasteiger partial charge in [-0.3, -0.25) is 10.1 Å². The number of hydrogen-bond donors (Lipinski definition) is 3. The molecule has 11 heteroatoms. The highest BCUT2D eigenvalue weighted by atomic mass is 19.1. The molecule has 1 saturated heterocycles. The van der Waals surface area contributed by atoms with Crippen molar-refractivity contribution in [1.29, 1.82) is 0 Å². The maximum atomic E-state index is 15.0. The number of hydrogen-bond acceptors (Lipinski definition) is 5. The molecule has 0 radical (unpaired) electrons. The molecule has 1 aliphatic carbocycles. The maximum Gasteiger partial charge on any atom is 0.339 e. The molecule has 28 heavy (non-hydrogen) atoms. The van der Waals surface area contributed by atoms with E-state index in [0.717, 1.165) is 12.1 Å². The largest absolute Gasteiger partial charge is 0.455 e. The summed E-state index contributed by atoms with van der Waals surface area (Å²) >= 11 is 0. The Morgan fingerprint density at radius 3 is 2.79 bits per heavy atom. The highest BCUT2D eigenvalue weighted by Gasteiger charge is 2.57. The van der Waals surface area contributed by atoms with Crippen molar-refractivity contribution in [2.24, 2.45) is 0 Å². The summed E-state index contributed by atoms with van der Waals surface area (Å²) in [6, 6.07) is 4.25. The van der Waals surface area contributed by atoms with E-state index in [2.05, 4.69) is 26.2 Å². The van der Waals surface area contributed by atoms with Crippen molar-refractivity contribution in [3.05, 3.63) is 47.0 Å². The average molecular weight is 383 g/mol. The van der Waals surface area contributed by atoms with Crippen molar-refractivity contribution < 1.29 is 27.8 Å². The first-order chi connectivity index (χ1) is 13.5. The number of amides is 3. The lowest BCUT2D eigenvalue weighted by Gasteiger charge is -2.24. The van der Waals surface area contributed by atoms with Gasteiger partial charge in [0, 0.05) is 16.7 Å². The van der Waals surface area contributed by atoms with E-state index in [1.54, 1.807) is 0 Å². The number of fused-ring (bicyclic) bond motifs is 9. The fraction of sp³-hybridized carbons (Fsp3) is 0.118. The first-order valence-corrected chi connectivity index (χ1v) is 8.26. The van der Waals surface area contributed by atoms with Crippen molar-refractivity contribution in [3.8, 4) is 28.3 Å². The van der Waals surface area contributed by atoms with Gasteiger partial charge in [0.25, 0.3) is 5.91 Å². The van der Waals surface area contributed by atoms with Crippen LogP contribution in [-0.2, 0) is 17.1 Å². The molecule has 1 aromatic heterocycles. The van der Waals surface area contributed by atoms with Crippen LogP contribution in [0.5, 0.6) is 5.75 Å². The van der Waals surface area contributed by atoms with Gasteiger partial charge < -0.3 is 10.1 Å². The van der Waals surface area contributed by atoms with Gasteiger partial charge in [0.1, 0.15) is 16.5 Å². The molecule has 3 N–H and O–H groups in total. The molecule has 1 atom stereocenters. The molecule has 3 heterocycles. The summed E-state index contributed by atoms with van der Waals surface area (Å²) in [5.74, 6) is -1.79. The zero-order chi connectivity index (χ0) is 19.2. The van der Waals surface area contributed by atoms with Gasteiger partial charge in [-0.05, 0) is 23.8 Å². The Morgan fingerprint density at radius 2 is 2.00 bits per heavy atom. The zero-order valence-corrected chi connectivity index (χ0v) is 13.8. The lowest BCUT2D eigenvalue weighted by molar-refractivity contribution is -0.771. The number of nitrogens with zero attached hydrogens (tertiary/aromatic N) is 3. The molecule has 9 nitrogen and oxygen atoms in total. The Kier molecular flexibility index (Phi) is 2.54. The first-order valence-electron chi connectivity index (χ1n) is 8.26. The molecular formula is C17H9F2N6O3+. The molecule has 2 aromatic carbocycles. The summed E-state index contributed by atoms with van der Waals surface area (Å²) in [7, 11) is 0. The normalized spacial score (nSPS) is 20.8. The minimum absolute atomic E-state index is 0.0241. The number of halogens is 2. The third kappa shape index (κ3) is 1.57. The van der Waals surface area contributed by atoms with Crippen LogP contribution in [0.25, 0.3) is 22.5 Å². The van der Waals surface area contributed by atoms with Crippen LogP contribution in [0.4, 0.5) is 13.6 Å².